The lowest BCUT2D eigenvalue weighted by Crippen LogP contribution is -2.17. The molecule has 0 radical (unpaired) electrons. The van der Waals surface area contributed by atoms with Crippen LogP contribution in [-0.2, 0) is 0 Å². The summed E-state index contributed by atoms with van der Waals surface area (Å²) in [5.41, 5.74) is 3.23. The summed E-state index contributed by atoms with van der Waals surface area (Å²) < 4.78 is 10.4. The number of carbonyl (C=O) groups excluding carboxylic acids is 1. The second kappa shape index (κ2) is 8.38. The van der Waals surface area contributed by atoms with Crippen LogP contribution in [0.2, 0.25) is 0 Å². The molecule has 2 rings (SSSR count). The van der Waals surface area contributed by atoms with E-state index in [1.165, 1.54) is 25.5 Å². The molecule has 6 heteroatoms. The van der Waals surface area contributed by atoms with Gasteiger partial charge in [0.05, 0.1) is 18.9 Å². The number of rotatable bonds is 7. The number of methoxy groups -OCH3 is 1. The van der Waals surface area contributed by atoms with Crippen LogP contribution >= 0.6 is 0 Å². The molecule has 6 nitrogen and oxygen atoms in total. The molecule has 2 aromatic carbocycles. The van der Waals surface area contributed by atoms with Crippen molar-refractivity contribution >= 4 is 12.1 Å². The molecular weight excluding hydrogens is 308 g/mol. The molecule has 0 aliphatic carbocycles. The summed E-state index contributed by atoms with van der Waals surface area (Å²) in [6.45, 7) is 4.00. The summed E-state index contributed by atoms with van der Waals surface area (Å²) in [6.07, 6.45) is 3.14. The number of phenolic OH excluding ortho intramolecular Hbond substituents is 1. The molecule has 2 aromatic rings. The van der Waals surface area contributed by atoms with Gasteiger partial charge in [0.25, 0.3) is 5.91 Å². The standard InChI is InChI=1S/C18H18N2O4/c1-3-9-24-15-6-4-5-13(10-15)12-19-20-18(22)16-8-7-14(23-2)11-17(16)21/h3-8,10-12,21H,1,9H2,2H3,(H,20,22)/b19-12-. The summed E-state index contributed by atoms with van der Waals surface area (Å²) >= 11 is 0. The van der Waals surface area contributed by atoms with E-state index in [0.717, 1.165) is 5.56 Å². The topological polar surface area (TPSA) is 80.2 Å². The number of aromatic hydroxyl groups is 1. The Morgan fingerprint density at radius 2 is 2.12 bits per heavy atom. The third kappa shape index (κ3) is 4.61. The fourth-order valence-corrected chi connectivity index (χ4v) is 1.90. The molecule has 0 fully saturated rings. The first-order valence-corrected chi connectivity index (χ1v) is 7.18. The monoisotopic (exact) mass is 326 g/mol. The third-order valence-corrected chi connectivity index (χ3v) is 3.06. The highest BCUT2D eigenvalue weighted by Gasteiger charge is 2.11. The van der Waals surface area contributed by atoms with E-state index < -0.39 is 5.91 Å². The molecule has 24 heavy (non-hydrogen) atoms. The van der Waals surface area contributed by atoms with Gasteiger partial charge in [-0.05, 0) is 29.8 Å². The molecule has 0 saturated carbocycles. The molecule has 1 amide bonds. The van der Waals surface area contributed by atoms with Gasteiger partial charge in [-0.1, -0.05) is 24.8 Å². The van der Waals surface area contributed by atoms with Gasteiger partial charge in [0.15, 0.2) is 0 Å². The number of nitrogens with zero attached hydrogens (tertiary/aromatic N) is 1. The van der Waals surface area contributed by atoms with Crippen LogP contribution in [0, 0.1) is 0 Å². The minimum Gasteiger partial charge on any atom is -0.507 e. The van der Waals surface area contributed by atoms with Crippen molar-refractivity contribution < 1.29 is 19.4 Å². The van der Waals surface area contributed by atoms with E-state index in [2.05, 4.69) is 17.1 Å². The highest BCUT2D eigenvalue weighted by atomic mass is 16.5. The Bertz CT molecular complexity index is 756. The molecule has 2 N–H and O–H groups in total. The predicted octanol–water partition coefficient (Wildman–Crippen LogP) is 2.73. The van der Waals surface area contributed by atoms with Crippen LogP contribution in [0.1, 0.15) is 15.9 Å². The number of nitrogens with one attached hydrogen (secondary N) is 1. The van der Waals surface area contributed by atoms with Crippen LogP contribution < -0.4 is 14.9 Å². The number of hydrogen-bond acceptors (Lipinski definition) is 5. The Kier molecular flexibility index (Phi) is 5.96. The van der Waals surface area contributed by atoms with Crippen LogP contribution in [0.3, 0.4) is 0 Å². The average molecular weight is 326 g/mol. The van der Waals surface area contributed by atoms with Gasteiger partial charge in [-0.3, -0.25) is 4.79 Å². The number of amides is 1. The van der Waals surface area contributed by atoms with Crippen molar-refractivity contribution in [3.63, 3.8) is 0 Å². The zero-order chi connectivity index (χ0) is 17.4. The van der Waals surface area contributed by atoms with Gasteiger partial charge in [-0.25, -0.2) is 5.43 Å². The summed E-state index contributed by atoms with van der Waals surface area (Å²) in [5, 5.41) is 13.7. The van der Waals surface area contributed by atoms with Gasteiger partial charge >= 0.3 is 0 Å². The maximum atomic E-state index is 12.0. The lowest BCUT2D eigenvalue weighted by Gasteiger charge is -2.05. The predicted molar refractivity (Wildman–Crippen MR) is 91.9 cm³/mol. The Morgan fingerprint density at radius 3 is 2.83 bits per heavy atom. The van der Waals surface area contributed by atoms with Gasteiger partial charge in [-0.2, -0.15) is 5.10 Å². The zero-order valence-corrected chi connectivity index (χ0v) is 13.2. The van der Waals surface area contributed by atoms with Gasteiger partial charge in [0, 0.05) is 6.07 Å². The Balaban J connectivity index is 2.00. The Hall–Kier alpha value is -3.28. The lowest BCUT2D eigenvalue weighted by atomic mass is 10.2. The van der Waals surface area contributed by atoms with Crippen molar-refractivity contribution in [1.29, 1.82) is 0 Å². The number of benzene rings is 2. The van der Waals surface area contributed by atoms with Crippen molar-refractivity contribution in [2.24, 2.45) is 5.10 Å². The summed E-state index contributed by atoms with van der Waals surface area (Å²) in [5.74, 6) is 0.439. The van der Waals surface area contributed by atoms with Crippen LogP contribution in [0.5, 0.6) is 17.2 Å². The first-order valence-electron chi connectivity index (χ1n) is 7.18. The second-order valence-electron chi connectivity index (χ2n) is 4.75. The molecule has 0 aromatic heterocycles. The number of carbonyl (C=O) groups is 1. The smallest absolute Gasteiger partial charge is 0.275 e. The maximum absolute atomic E-state index is 12.0. The van der Waals surface area contributed by atoms with Crippen molar-refractivity contribution in [1.82, 2.24) is 5.43 Å². The summed E-state index contributed by atoms with van der Waals surface area (Å²) in [4.78, 5) is 12.0. The van der Waals surface area contributed by atoms with E-state index in [0.29, 0.717) is 18.1 Å². The molecule has 0 spiro atoms. The molecule has 0 aliphatic rings. The molecule has 0 aliphatic heterocycles. The number of hydrogen-bond donors (Lipinski definition) is 2. The van der Waals surface area contributed by atoms with Gasteiger partial charge in [0.1, 0.15) is 23.9 Å². The quantitative estimate of drug-likeness (QED) is 0.466. The van der Waals surface area contributed by atoms with E-state index in [4.69, 9.17) is 9.47 Å². The molecular formula is C18H18N2O4. The highest BCUT2D eigenvalue weighted by Crippen LogP contribution is 2.23. The highest BCUT2D eigenvalue weighted by molar-refractivity contribution is 5.97. The van der Waals surface area contributed by atoms with Crippen molar-refractivity contribution in [2.45, 2.75) is 0 Å². The maximum Gasteiger partial charge on any atom is 0.275 e. The van der Waals surface area contributed by atoms with Gasteiger partial charge < -0.3 is 14.6 Å². The van der Waals surface area contributed by atoms with E-state index in [1.54, 1.807) is 18.2 Å². The fraction of sp³-hybridized carbons (Fsp3) is 0.111. The first-order chi connectivity index (χ1) is 11.6. The average Bonchev–Trinajstić information content (AvgIpc) is 2.60. The Labute approximate surface area is 140 Å². The molecule has 0 saturated heterocycles. The second-order valence-corrected chi connectivity index (χ2v) is 4.75. The van der Waals surface area contributed by atoms with Gasteiger partial charge in [-0.15, -0.1) is 0 Å². The van der Waals surface area contributed by atoms with Crippen molar-refractivity contribution in [3.8, 4) is 17.2 Å². The Morgan fingerprint density at radius 1 is 1.29 bits per heavy atom. The normalized spacial score (nSPS) is 10.4. The number of ether oxygens (including phenoxy) is 2. The van der Waals surface area contributed by atoms with E-state index in [9.17, 15) is 9.90 Å². The van der Waals surface area contributed by atoms with Crippen LogP contribution in [0.15, 0.2) is 60.2 Å². The van der Waals surface area contributed by atoms with Crippen molar-refractivity contribution in [2.75, 3.05) is 13.7 Å². The molecule has 124 valence electrons. The molecule has 0 bridgehead atoms. The van der Waals surface area contributed by atoms with Crippen LogP contribution in [-0.4, -0.2) is 30.9 Å². The van der Waals surface area contributed by atoms with Crippen molar-refractivity contribution in [3.05, 3.63) is 66.2 Å². The summed E-state index contributed by atoms with van der Waals surface area (Å²) in [6, 6.07) is 11.6. The zero-order valence-electron chi connectivity index (χ0n) is 13.2. The third-order valence-electron chi connectivity index (χ3n) is 3.06. The van der Waals surface area contributed by atoms with Crippen LogP contribution in [0.4, 0.5) is 0 Å². The first kappa shape index (κ1) is 17.1. The lowest BCUT2D eigenvalue weighted by molar-refractivity contribution is 0.0952. The van der Waals surface area contributed by atoms with E-state index in [-0.39, 0.29) is 11.3 Å². The molecule has 0 unspecified atom stereocenters. The largest absolute Gasteiger partial charge is 0.507 e. The molecule has 0 heterocycles. The molecule has 0 atom stereocenters. The summed E-state index contributed by atoms with van der Waals surface area (Å²) in [7, 11) is 1.48. The van der Waals surface area contributed by atoms with E-state index >= 15 is 0 Å². The SMILES string of the molecule is C=CCOc1cccc(/C=N\NC(=O)c2ccc(OC)cc2O)c1. The minimum atomic E-state index is -0.523. The fourth-order valence-electron chi connectivity index (χ4n) is 1.90. The number of phenols is 1. The van der Waals surface area contributed by atoms with Gasteiger partial charge in [0.2, 0.25) is 0 Å². The minimum absolute atomic E-state index is 0.107. The van der Waals surface area contributed by atoms with E-state index in [1.807, 2.05) is 18.2 Å². The number of hydrazone groups is 1. The van der Waals surface area contributed by atoms with Crippen LogP contribution in [0.25, 0.3) is 0 Å².